The van der Waals surface area contributed by atoms with Crippen LogP contribution in [0.1, 0.15) is 37.8 Å². The third kappa shape index (κ3) is 2.71. The highest BCUT2D eigenvalue weighted by Crippen LogP contribution is 2.34. The van der Waals surface area contributed by atoms with E-state index in [0.29, 0.717) is 6.04 Å². The fourth-order valence-electron chi connectivity index (χ4n) is 2.10. The van der Waals surface area contributed by atoms with Gasteiger partial charge in [-0.05, 0) is 58.7 Å². The van der Waals surface area contributed by atoms with Gasteiger partial charge in [0.05, 0.1) is 9.83 Å². The molecule has 0 amide bonds. The molecular weight excluding hydrogens is 270 g/mol. The molecule has 0 radical (unpaired) electrons. The van der Waals surface area contributed by atoms with E-state index in [4.69, 9.17) is 0 Å². The van der Waals surface area contributed by atoms with Crippen LogP contribution in [0.3, 0.4) is 0 Å². The second kappa shape index (κ2) is 5.28. The van der Waals surface area contributed by atoms with Crippen molar-refractivity contribution in [2.45, 2.75) is 32.2 Å². The summed E-state index contributed by atoms with van der Waals surface area (Å²) in [7, 11) is 0. The normalized spacial score (nSPS) is 17.9. The molecule has 1 aliphatic carbocycles. The number of halogens is 1. The van der Waals surface area contributed by atoms with Gasteiger partial charge >= 0.3 is 0 Å². The number of thiophene rings is 1. The van der Waals surface area contributed by atoms with Crippen LogP contribution in [0.2, 0.25) is 0 Å². The molecule has 1 aromatic rings. The maximum absolute atomic E-state index is 3.57. The first-order valence-electron chi connectivity index (χ1n) is 5.47. The molecule has 1 aliphatic rings. The van der Waals surface area contributed by atoms with E-state index < -0.39 is 0 Å². The van der Waals surface area contributed by atoms with Crippen LogP contribution in [0.4, 0.5) is 0 Å². The fraction of sp³-hybridized carbons (Fsp3) is 0.500. The first-order chi connectivity index (χ1) is 7.31. The van der Waals surface area contributed by atoms with Crippen LogP contribution in [0.25, 0.3) is 0 Å². The van der Waals surface area contributed by atoms with Gasteiger partial charge in [0.15, 0.2) is 0 Å². The highest BCUT2D eigenvalue weighted by molar-refractivity contribution is 9.11. The third-order valence-electron chi connectivity index (χ3n) is 2.78. The number of nitrogens with one attached hydrogen (secondary N) is 1. The van der Waals surface area contributed by atoms with Crippen LogP contribution >= 0.6 is 27.3 Å². The number of likely N-dealkylation sites (N-methyl/N-ethyl adjacent to an activating group) is 1. The SMILES string of the molecule is CCNC(C1=CCCC1)c1csc(Br)c1. The fourth-order valence-corrected chi connectivity index (χ4v) is 3.30. The lowest BCUT2D eigenvalue weighted by molar-refractivity contribution is 0.607. The second-order valence-corrected chi connectivity index (χ2v) is 6.14. The molecule has 3 heteroatoms. The molecule has 0 aliphatic heterocycles. The molecule has 1 aromatic heterocycles. The molecule has 0 aromatic carbocycles. The van der Waals surface area contributed by atoms with Gasteiger partial charge in [-0.1, -0.05) is 18.6 Å². The van der Waals surface area contributed by atoms with E-state index in [1.54, 1.807) is 16.9 Å². The molecule has 0 spiro atoms. The summed E-state index contributed by atoms with van der Waals surface area (Å²) in [5, 5.41) is 5.82. The van der Waals surface area contributed by atoms with Crippen molar-refractivity contribution in [2.75, 3.05) is 6.54 Å². The van der Waals surface area contributed by atoms with Gasteiger partial charge in [0.2, 0.25) is 0 Å². The van der Waals surface area contributed by atoms with Crippen LogP contribution in [-0.4, -0.2) is 6.54 Å². The molecule has 0 saturated heterocycles. The third-order valence-corrected chi connectivity index (χ3v) is 4.30. The zero-order valence-corrected chi connectivity index (χ0v) is 11.3. The van der Waals surface area contributed by atoms with Gasteiger partial charge in [-0.15, -0.1) is 11.3 Å². The summed E-state index contributed by atoms with van der Waals surface area (Å²) in [6, 6.07) is 2.68. The van der Waals surface area contributed by atoms with Crippen molar-refractivity contribution >= 4 is 27.3 Å². The minimum Gasteiger partial charge on any atom is -0.307 e. The topological polar surface area (TPSA) is 12.0 Å². The molecule has 1 nitrogen and oxygen atoms in total. The summed E-state index contributed by atoms with van der Waals surface area (Å²) in [5.41, 5.74) is 2.98. The summed E-state index contributed by atoms with van der Waals surface area (Å²) in [4.78, 5) is 0. The quantitative estimate of drug-likeness (QED) is 0.815. The van der Waals surface area contributed by atoms with Gasteiger partial charge in [0.1, 0.15) is 0 Å². The molecular formula is C12H16BrNS. The molecule has 1 heterocycles. The van der Waals surface area contributed by atoms with Crippen LogP contribution in [0.15, 0.2) is 26.9 Å². The van der Waals surface area contributed by atoms with Crippen molar-refractivity contribution in [2.24, 2.45) is 0 Å². The van der Waals surface area contributed by atoms with E-state index in [9.17, 15) is 0 Å². The molecule has 15 heavy (non-hydrogen) atoms. The molecule has 1 unspecified atom stereocenters. The first-order valence-corrected chi connectivity index (χ1v) is 7.14. The minimum absolute atomic E-state index is 0.444. The van der Waals surface area contributed by atoms with Gasteiger partial charge in [-0.2, -0.15) is 0 Å². The Kier molecular flexibility index (Phi) is 4.00. The predicted molar refractivity (Wildman–Crippen MR) is 70.4 cm³/mol. The first kappa shape index (κ1) is 11.4. The van der Waals surface area contributed by atoms with Crippen molar-refractivity contribution in [3.63, 3.8) is 0 Å². The van der Waals surface area contributed by atoms with E-state index in [2.05, 4.69) is 45.7 Å². The Bertz CT molecular complexity index is 356. The highest BCUT2D eigenvalue weighted by atomic mass is 79.9. The number of allylic oxidation sites excluding steroid dienone is 1. The van der Waals surface area contributed by atoms with E-state index in [1.165, 1.54) is 28.6 Å². The standard InChI is InChI=1S/C12H16BrNS/c1-2-14-12(9-5-3-4-6-9)10-7-11(13)15-8-10/h5,7-8,12,14H,2-4,6H2,1H3. The predicted octanol–water partition coefficient (Wildman–Crippen LogP) is 4.27. The highest BCUT2D eigenvalue weighted by Gasteiger charge is 2.18. The molecule has 0 fully saturated rings. The van der Waals surface area contributed by atoms with Crippen LogP contribution in [0, 0.1) is 0 Å². The van der Waals surface area contributed by atoms with Crippen LogP contribution in [-0.2, 0) is 0 Å². The van der Waals surface area contributed by atoms with Crippen LogP contribution < -0.4 is 5.32 Å². The Morgan fingerprint density at radius 3 is 3.00 bits per heavy atom. The Hall–Kier alpha value is -0.120. The zero-order chi connectivity index (χ0) is 10.7. The number of hydrogen-bond acceptors (Lipinski definition) is 2. The summed E-state index contributed by atoms with van der Waals surface area (Å²) in [5.74, 6) is 0. The van der Waals surface area contributed by atoms with Crippen molar-refractivity contribution in [3.8, 4) is 0 Å². The number of hydrogen-bond donors (Lipinski definition) is 1. The lowest BCUT2D eigenvalue weighted by Crippen LogP contribution is -2.21. The molecule has 0 saturated carbocycles. The van der Waals surface area contributed by atoms with Crippen molar-refractivity contribution in [1.82, 2.24) is 5.32 Å². The van der Waals surface area contributed by atoms with Gasteiger partial charge in [-0.25, -0.2) is 0 Å². The Morgan fingerprint density at radius 1 is 1.60 bits per heavy atom. The smallest absolute Gasteiger partial charge is 0.0701 e. The van der Waals surface area contributed by atoms with Crippen molar-refractivity contribution in [3.05, 3.63) is 32.4 Å². The molecule has 0 bridgehead atoms. The number of rotatable bonds is 4. The van der Waals surface area contributed by atoms with E-state index >= 15 is 0 Å². The largest absolute Gasteiger partial charge is 0.307 e. The van der Waals surface area contributed by atoms with Gasteiger partial charge in [-0.3, -0.25) is 0 Å². The van der Waals surface area contributed by atoms with E-state index in [-0.39, 0.29) is 0 Å². The molecule has 82 valence electrons. The lowest BCUT2D eigenvalue weighted by Gasteiger charge is -2.18. The summed E-state index contributed by atoms with van der Waals surface area (Å²) in [6.07, 6.45) is 6.23. The second-order valence-electron chi connectivity index (χ2n) is 3.85. The summed E-state index contributed by atoms with van der Waals surface area (Å²) in [6.45, 7) is 3.19. The van der Waals surface area contributed by atoms with E-state index in [0.717, 1.165) is 6.54 Å². The lowest BCUT2D eigenvalue weighted by atomic mass is 10.0. The molecule has 2 rings (SSSR count). The van der Waals surface area contributed by atoms with Gasteiger partial charge < -0.3 is 5.32 Å². The average Bonchev–Trinajstić information content (AvgIpc) is 2.85. The summed E-state index contributed by atoms with van der Waals surface area (Å²) >= 11 is 5.30. The monoisotopic (exact) mass is 285 g/mol. The van der Waals surface area contributed by atoms with Crippen molar-refractivity contribution < 1.29 is 0 Å². The zero-order valence-electron chi connectivity index (χ0n) is 8.92. The van der Waals surface area contributed by atoms with Gasteiger partial charge in [0, 0.05) is 0 Å². The summed E-state index contributed by atoms with van der Waals surface area (Å²) < 4.78 is 1.22. The van der Waals surface area contributed by atoms with Gasteiger partial charge in [0.25, 0.3) is 0 Å². The minimum atomic E-state index is 0.444. The molecule has 1 N–H and O–H groups in total. The van der Waals surface area contributed by atoms with E-state index in [1.807, 2.05) is 0 Å². The Labute approximate surface area is 104 Å². The maximum atomic E-state index is 3.57. The Balaban J connectivity index is 2.18. The average molecular weight is 286 g/mol. The maximum Gasteiger partial charge on any atom is 0.0701 e. The van der Waals surface area contributed by atoms with Crippen molar-refractivity contribution in [1.29, 1.82) is 0 Å². The molecule has 1 atom stereocenters. The Morgan fingerprint density at radius 2 is 2.47 bits per heavy atom. The van der Waals surface area contributed by atoms with Crippen LogP contribution in [0.5, 0.6) is 0 Å².